The minimum absolute atomic E-state index is 0.119. The largest absolute Gasteiger partial charge is 0.507 e. The summed E-state index contributed by atoms with van der Waals surface area (Å²) in [5.41, 5.74) is 1.15. The Kier molecular flexibility index (Phi) is 16.3. The number of esters is 1. The number of phenolic OH excluding ortho intramolecular Hbond substituents is 1. The second-order valence-electron chi connectivity index (χ2n) is 13.8. The third-order valence-electron chi connectivity index (χ3n) is 7.81. The summed E-state index contributed by atoms with van der Waals surface area (Å²) < 4.78 is 5.83. The molecule has 0 saturated carbocycles. The number of phenols is 1. The number of carbonyl (C=O) groups excluding carboxylic acids is 1. The molecule has 220 valence electrons. The number of hydrogen-bond donors (Lipinski definition) is 1. The molecule has 0 spiro atoms. The first-order valence-electron chi connectivity index (χ1n) is 16.0. The van der Waals surface area contributed by atoms with Crippen LogP contribution < -0.4 is 4.74 Å². The van der Waals surface area contributed by atoms with E-state index < -0.39 is 0 Å². The molecule has 1 N–H and O–H groups in total. The highest BCUT2D eigenvalue weighted by molar-refractivity contribution is 5.75. The molecule has 0 aromatic heterocycles. The zero-order valence-corrected chi connectivity index (χ0v) is 26.5. The monoisotopic (exact) mass is 530 g/mol. The van der Waals surface area contributed by atoms with Gasteiger partial charge in [0.25, 0.3) is 0 Å². The van der Waals surface area contributed by atoms with E-state index in [1.54, 1.807) is 0 Å². The highest BCUT2D eigenvalue weighted by Crippen LogP contribution is 2.41. The zero-order chi connectivity index (χ0) is 28.6. The lowest BCUT2D eigenvalue weighted by Crippen LogP contribution is -2.20. The first kappa shape index (κ1) is 34.5. The van der Waals surface area contributed by atoms with Crippen molar-refractivity contribution >= 4 is 5.97 Å². The van der Waals surface area contributed by atoms with Crippen molar-refractivity contribution in [1.82, 2.24) is 0 Å². The van der Waals surface area contributed by atoms with Crippen LogP contribution in [0.15, 0.2) is 12.1 Å². The number of aromatic hydroxyl groups is 1. The summed E-state index contributed by atoms with van der Waals surface area (Å²) >= 11 is 0. The van der Waals surface area contributed by atoms with Crippen LogP contribution in [-0.2, 0) is 15.6 Å². The van der Waals surface area contributed by atoms with Crippen LogP contribution in [0.2, 0.25) is 0 Å². The smallest absolute Gasteiger partial charge is 0.314 e. The van der Waals surface area contributed by atoms with Crippen molar-refractivity contribution in [3.05, 3.63) is 23.3 Å². The number of unbranched alkanes of at least 4 members (excludes halogenated alkanes) is 15. The first-order chi connectivity index (χ1) is 17.9. The molecule has 1 aromatic carbocycles. The van der Waals surface area contributed by atoms with E-state index in [9.17, 15) is 9.90 Å². The Morgan fingerprint density at radius 2 is 1.03 bits per heavy atom. The van der Waals surface area contributed by atoms with Gasteiger partial charge in [-0.2, -0.15) is 0 Å². The predicted molar refractivity (Wildman–Crippen MR) is 164 cm³/mol. The average molecular weight is 531 g/mol. The molecule has 0 amide bonds. The molecule has 0 heterocycles. The Labute approximate surface area is 236 Å². The van der Waals surface area contributed by atoms with Gasteiger partial charge >= 0.3 is 5.97 Å². The summed E-state index contributed by atoms with van der Waals surface area (Å²) in [6, 6.07) is 3.67. The maximum absolute atomic E-state index is 12.8. The van der Waals surface area contributed by atoms with E-state index in [4.69, 9.17) is 4.74 Å². The number of benzene rings is 1. The lowest BCUT2D eigenvalue weighted by molar-refractivity contribution is -0.138. The Morgan fingerprint density at radius 1 is 0.684 bits per heavy atom. The Hall–Kier alpha value is -1.51. The third kappa shape index (κ3) is 14.0. The van der Waals surface area contributed by atoms with Crippen LogP contribution in [0.25, 0.3) is 0 Å². The molecule has 0 bridgehead atoms. The van der Waals surface area contributed by atoms with Crippen LogP contribution in [0, 0.1) is 5.92 Å². The maximum atomic E-state index is 12.8. The standard InChI is InChI=1S/C35H62O3/c1-9-10-11-12-13-14-15-16-17-18-19-20-21-22-23-24-25-28(2)33(37)38-29-26-30(34(3,4)5)32(36)31(27-29)35(6,7)8/h26-28,36H,9-25H2,1-8H3/t28-/m0/s1. The minimum Gasteiger partial charge on any atom is -0.507 e. The fraction of sp³-hybridized carbons (Fsp3) is 0.800. The van der Waals surface area contributed by atoms with Crippen molar-refractivity contribution in [3.8, 4) is 11.5 Å². The highest BCUT2D eigenvalue weighted by Gasteiger charge is 2.28. The fourth-order valence-electron chi connectivity index (χ4n) is 5.14. The second-order valence-corrected chi connectivity index (χ2v) is 13.8. The third-order valence-corrected chi connectivity index (χ3v) is 7.81. The van der Waals surface area contributed by atoms with E-state index in [-0.39, 0.29) is 22.7 Å². The number of carbonyl (C=O) groups is 1. The van der Waals surface area contributed by atoms with Crippen molar-refractivity contribution < 1.29 is 14.6 Å². The highest BCUT2D eigenvalue weighted by atomic mass is 16.5. The summed E-state index contributed by atoms with van der Waals surface area (Å²) in [4.78, 5) is 12.8. The summed E-state index contributed by atoms with van der Waals surface area (Å²) in [5.74, 6) is 0.565. The van der Waals surface area contributed by atoms with Gasteiger partial charge in [0.05, 0.1) is 5.92 Å². The van der Waals surface area contributed by atoms with Crippen LogP contribution in [0.4, 0.5) is 0 Å². The summed E-state index contributed by atoms with van der Waals surface area (Å²) in [6.07, 6.45) is 22.6. The van der Waals surface area contributed by atoms with Gasteiger partial charge < -0.3 is 9.84 Å². The lowest BCUT2D eigenvalue weighted by Gasteiger charge is -2.28. The molecule has 0 saturated heterocycles. The number of rotatable bonds is 19. The number of hydrogen-bond acceptors (Lipinski definition) is 3. The molecule has 0 aliphatic carbocycles. The molecule has 1 rings (SSSR count). The molecule has 3 heteroatoms. The summed E-state index contributed by atoms with van der Waals surface area (Å²) in [7, 11) is 0. The molecule has 0 radical (unpaired) electrons. The van der Waals surface area contributed by atoms with Gasteiger partial charge in [0, 0.05) is 11.1 Å². The molecule has 0 fully saturated rings. The van der Waals surface area contributed by atoms with E-state index >= 15 is 0 Å². The molecule has 1 aromatic rings. The Balaban J connectivity index is 2.25. The van der Waals surface area contributed by atoms with Crippen molar-refractivity contribution in [3.63, 3.8) is 0 Å². The van der Waals surface area contributed by atoms with Crippen LogP contribution >= 0.6 is 0 Å². The molecule has 38 heavy (non-hydrogen) atoms. The quantitative estimate of drug-likeness (QED) is 0.110. The van der Waals surface area contributed by atoms with Gasteiger partial charge in [-0.3, -0.25) is 4.79 Å². The van der Waals surface area contributed by atoms with Gasteiger partial charge in [0.2, 0.25) is 0 Å². The van der Waals surface area contributed by atoms with E-state index in [1.165, 1.54) is 96.3 Å². The molecular weight excluding hydrogens is 468 g/mol. The first-order valence-corrected chi connectivity index (χ1v) is 16.0. The zero-order valence-electron chi connectivity index (χ0n) is 26.5. The van der Waals surface area contributed by atoms with E-state index in [2.05, 4.69) is 48.5 Å². The van der Waals surface area contributed by atoms with E-state index in [1.807, 2.05) is 19.1 Å². The topological polar surface area (TPSA) is 46.5 Å². The van der Waals surface area contributed by atoms with Crippen LogP contribution in [-0.4, -0.2) is 11.1 Å². The van der Waals surface area contributed by atoms with Crippen molar-refractivity contribution in [1.29, 1.82) is 0 Å². The normalized spacial score (nSPS) is 13.1. The van der Waals surface area contributed by atoms with E-state index in [0.717, 1.165) is 24.0 Å². The van der Waals surface area contributed by atoms with Crippen molar-refractivity contribution in [2.45, 2.75) is 175 Å². The second kappa shape index (κ2) is 18.0. The summed E-state index contributed by atoms with van der Waals surface area (Å²) in [6.45, 7) is 16.7. The van der Waals surface area contributed by atoms with Crippen LogP contribution in [0.5, 0.6) is 11.5 Å². The Bertz CT molecular complexity index is 746. The number of ether oxygens (including phenoxy) is 1. The average Bonchev–Trinajstić information content (AvgIpc) is 2.83. The molecule has 0 aliphatic rings. The SMILES string of the molecule is CCCCCCCCCCCCCCCCCC[C@H](C)C(=O)Oc1cc(C(C)(C)C)c(O)c(C(C)(C)C)c1. The lowest BCUT2D eigenvalue weighted by atomic mass is 9.79. The minimum atomic E-state index is -0.244. The predicted octanol–water partition coefficient (Wildman–Crippen LogP) is 11.2. The van der Waals surface area contributed by atoms with Crippen LogP contribution in [0.1, 0.15) is 176 Å². The van der Waals surface area contributed by atoms with E-state index in [0.29, 0.717) is 11.5 Å². The van der Waals surface area contributed by atoms with Gasteiger partial charge in [-0.05, 0) is 29.4 Å². The van der Waals surface area contributed by atoms with Gasteiger partial charge in [-0.25, -0.2) is 0 Å². The fourth-order valence-corrected chi connectivity index (χ4v) is 5.14. The van der Waals surface area contributed by atoms with Gasteiger partial charge in [0.15, 0.2) is 0 Å². The van der Waals surface area contributed by atoms with Gasteiger partial charge in [-0.15, -0.1) is 0 Å². The molecule has 1 atom stereocenters. The molecule has 0 aliphatic heterocycles. The molecular formula is C35H62O3. The Morgan fingerprint density at radius 3 is 1.37 bits per heavy atom. The van der Waals surface area contributed by atoms with Crippen LogP contribution in [0.3, 0.4) is 0 Å². The summed E-state index contributed by atoms with van der Waals surface area (Å²) in [5, 5.41) is 10.9. The maximum Gasteiger partial charge on any atom is 0.314 e. The molecule has 3 nitrogen and oxygen atoms in total. The van der Waals surface area contributed by atoms with Crippen molar-refractivity contribution in [2.75, 3.05) is 0 Å². The molecule has 0 unspecified atom stereocenters. The van der Waals surface area contributed by atoms with Gasteiger partial charge in [0.1, 0.15) is 11.5 Å². The van der Waals surface area contributed by atoms with Crippen molar-refractivity contribution in [2.24, 2.45) is 5.92 Å². The van der Waals surface area contributed by atoms with Gasteiger partial charge in [-0.1, -0.05) is 158 Å².